The summed E-state index contributed by atoms with van der Waals surface area (Å²) in [6, 6.07) is 2.86. The summed E-state index contributed by atoms with van der Waals surface area (Å²) in [4.78, 5) is 1.57. The molecule has 1 aromatic rings. The third-order valence-corrected chi connectivity index (χ3v) is 5.33. The molecule has 18 heavy (non-hydrogen) atoms. The second-order valence-corrected chi connectivity index (χ2v) is 6.65. The van der Waals surface area contributed by atoms with Crippen molar-refractivity contribution in [2.45, 2.75) is 64.8 Å². The summed E-state index contributed by atoms with van der Waals surface area (Å²) in [5.41, 5.74) is 1.47. The van der Waals surface area contributed by atoms with E-state index in [1.807, 2.05) is 11.3 Å². The van der Waals surface area contributed by atoms with Crippen molar-refractivity contribution in [2.75, 3.05) is 6.54 Å². The van der Waals surface area contributed by atoms with Crippen LogP contribution in [0, 0.1) is 12.8 Å². The van der Waals surface area contributed by atoms with Crippen LogP contribution < -0.4 is 5.32 Å². The van der Waals surface area contributed by atoms with E-state index >= 15 is 0 Å². The fourth-order valence-electron chi connectivity index (χ4n) is 3.09. The molecule has 1 nitrogen and oxygen atoms in total. The fourth-order valence-corrected chi connectivity index (χ4v) is 4.13. The van der Waals surface area contributed by atoms with E-state index in [9.17, 15) is 0 Å². The van der Waals surface area contributed by atoms with Crippen LogP contribution in [0.1, 0.15) is 68.4 Å². The predicted octanol–water partition coefficient (Wildman–Crippen LogP) is 5.07. The van der Waals surface area contributed by atoms with Crippen LogP contribution in [-0.4, -0.2) is 6.54 Å². The quantitative estimate of drug-likeness (QED) is 0.726. The normalized spacial score (nSPS) is 18.3. The maximum atomic E-state index is 3.75. The molecular weight excluding hydrogens is 238 g/mol. The minimum absolute atomic E-state index is 0.602. The molecule has 2 heteroatoms. The van der Waals surface area contributed by atoms with Crippen LogP contribution in [0.4, 0.5) is 0 Å². The van der Waals surface area contributed by atoms with E-state index in [2.05, 4.69) is 30.6 Å². The van der Waals surface area contributed by atoms with Crippen LogP contribution in [0.15, 0.2) is 11.4 Å². The first kappa shape index (κ1) is 14.1. The lowest BCUT2D eigenvalue weighted by Gasteiger charge is -2.20. The molecule has 0 spiro atoms. The van der Waals surface area contributed by atoms with Gasteiger partial charge in [-0.2, -0.15) is 0 Å². The van der Waals surface area contributed by atoms with Crippen molar-refractivity contribution in [2.24, 2.45) is 5.92 Å². The fraction of sp³-hybridized carbons (Fsp3) is 0.750. The van der Waals surface area contributed by atoms with E-state index < -0.39 is 0 Å². The van der Waals surface area contributed by atoms with Crippen molar-refractivity contribution >= 4 is 11.3 Å². The predicted molar refractivity (Wildman–Crippen MR) is 81.3 cm³/mol. The van der Waals surface area contributed by atoms with Gasteiger partial charge in [-0.15, -0.1) is 11.3 Å². The lowest BCUT2D eigenvalue weighted by Crippen LogP contribution is -2.22. The number of rotatable bonds is 7. The van der Waals surface area contributed by atoms with Gasteiger partial charge in [0.1, 0.15) is 0 Å². The number of hydrogen-bond acceptors (Lipinski definition) is 2. The van der Waals surface area contributed by atoms with Gasteiger partial charge in [-0.25, -0.2) is 0 Å². The monoisotopic (exact) mass is 265 g/mol. The maximum Gasteiger partial charge on any atom is 0.0417 e. The highest BCUT2D eigenvalue weighted by molar-refractivity contribution is 7.10. The molecule has 1 unspecified atom stereocenters. The first-order chi connectivity index (χ1) is 8.81. The minimum Gasteiger partial charge on any atom is -0.309 e. The van der Waals surface area contributed by atoms with E-state index in [4.69, 9.17) is 0 Å². The Kier molecular flexibility index (Phi) is 5.71. The minimum atomic E-state index is 0.602. The molecule has 102 valence electrons. The SMILES string of the molecule is CCCNC(CCC1CCCC1)c1sccc1C. The molecule has 1 N–H and O–H groups in total. The summed E-state index contributed by atoms with van der Waals surface area (Å²) < 4.78 is 0. The lowest BCUT2D eigenvalue weighted by atomic mass is 9.97. The van der Waals surface area contributed by atoms with Gasteiger partial charge >= 0.3 is 0 Å². The number of aryl methyl sites for hydroxylation is 1. The Bertz CT molecular complexity index is 339. The van der Waals surface area contributed by atoms with Gasteiger partial charge in [0.15, 0.2) is 0 Å². The molecule has 1 heterocycles. The molecule has 0 aliphatic heterocycles. The molecule has 0 saturated heterocycles. The molecule has 0 bridgehead atoms. The molecule has 1 fully saturated rings. The summed E-state index contributed by atoms with van der Waals surface area (Å²) in [7, 11) is 0. The molecule has 1 aliphatic rings. The van der Waals surface area contributed by atoms with Crippen molar-refractivity contribution in [1.29, 1.82) is 0 Å². The van der Waals surface area contributed by atoms with Gasteiger partial charge in [0, 0.05) is 10.9 Å². The average molecular weight is 265 g/mol. The smallest absolute Gasteiger partial charge is 0.0417 e. The van der Waals surface area contributed by atoms with Crippen LogP contribution in [0.25, 0.3) is 0 Å². The molecule has 1 saturated carbocycles. The highest BCUT2D eigenvalue weighted by atomic mass is 32.1. The molecule has 2 rings (SSSR count). The molecule has 1 aliphatic carbocycles. The number of thiophene rings is 1. The topological polar surface area (TPSA) is 12.0 Å². The second kappa shape index (κ2) is 7.30. The molecule has 0 amide bonds. The van der Waals surface area contributed by atoms with Gasteiger partial charge in [-0.1, -0.05) is 32.6 Å². The zero-order chi connectivity index (χ0) is 12.8. The average Bonchev–Trinajstić information content (AvgIpc) is 3.01. The highest BCUT2D eigenvalue weighted by Gasteiger charge is 2.19. The zero-order valence-electron chi connectivity index (χ0n) is 11.9. The van der Waals surface area contributed by atoms with Gasteiger partial charge < -0.3 is 5.32 Å². The maximum absolute atomic E-state index is 3.75. The van der Waals surface area contributed by atoms with Crippen LogP contribution in [0.3, 0.4) is 0 Å². The summed E-state index contributed by atoms with van der Waals surface area (Å²) >= 11 is 1.93. The second-order valence-electron chi connectivity index (χ2n) is 5.70. The van der Waals surface area contributed by atoms with Crippen LogP contribution >= 0.6 is 11.3 Å². The molecule has 0 radical (unpaired) electrons. The van der Waals surface area contributed by atoms with Gasteiger partial charge in [-0.05, 0) is 55.7 Å². The van der Waals surface area contributed by atoms with Gasteiger partial charge in [0.05, 0.1) is 0 Å². The number of hydrogen-bond donors (Lipinski definition) is 1. The van der Waals surface area contributed by atoms with Crippen molar-refractivity contribution in [1.82, 2.24) is 5.32 Å². The Morgan fingerprint density at radius 2 is 2.17 bits per heavy atom. The standard InChI is InChI=1S/C16H27NS/c1-3-11-17-15(16-13(2)10-12-18-16)9-8-14-6-4-5-7-14/h10,12,14-15,17H,3-9,11H2,1-2H3. The van der Waals surface area contributed by atoms with E-state index in [1.165, 1.54) is 50.5 Å². The molecule has 0 aromatic carbocycles. The van der Waals surface area contributed by atoms with Gasteiger partial charge in [0.2, 0.25) is 0 Å². The van der Waals surface area contributed by atoms with Crippen molar-refractivity contribution in [3.05, 3.63) is 21.9 Å². The summed E-state index contributed by atoms with van der Waals surface area (Å²) in [6.07, 6.45) is 9.86. The molecular formula is C16H27NS. The summed E-state index contributed by atoms with van der Waals surface area (Å²) in [5.74, 6) is 1.01. The third kappa shape index (κ3) is 3.83. The van der Waals surface area contributed by atoms with E-state index in [0.717, 1.165) is 12.5 Å². The Morgan fingerprint density at radius 3 is 2.78 bits per heavy atom. The molecule has 1 atom stereocenters. The summed E-state index contributed by atoms with van der Waals surface area (Å²) in [5, 5.41) is 5.98. The third-order valence-electron chi connectivity index (χ3n) is 4.20. The van der Waals surface area contributed by atoms with E-state index in [0.29, 0.717) is 6.04 Å². The van der Waals surface area contributed by atoms with E-state index in [1.54, 1.807) is 4.88 Å². The summed E-state index contributed by atoms with van der Waals surface area (Å²) in [6.45, 7) is 5.65. The zero-order valence-corrected chi connectivity index (χ0v) is 12.7. The first-order valence-electron chi connectivity index (χ1n) is 7.58. The van der Waals surface area contributed by atoms with Gasteiger partial charge in [-0.3, -0.25) is 0 Å². The Balaban J connectivity index is 1.90. The van der Waals surface area contributed by atoms with Crippen LogP contribution in [0.2, 0.25) is 0 Å². The van der Waals surface area contributed by atoms with Crippen molar-refractivity contribution in [3.8, 4) is 0 Å². The Morgan fingerprint density at radius 1 is 1.39 bits per heavy atom. The van der Waals surface area contributed by atoms with Gasteiger partial charge in [0.25, 0.3) is 0 Å². The first-order valence-corrected chi connectivity index (χ1v) is 8.46. The lowest BCUT2D eigenvalue weighted by molar-refractivity contribution is 0.414. The van der Waals surface area contributed by atoms with E-state index in [-0.39, 0.29) is 0 Å². The number of nitrogens with one attached hydrogen (secondary N) is 1. The highest BCUT2D eigenvalue weighted by Crippen LogP contribution is 2.33. The Hall–Kier alpha value is -0.340. The van der Waals surface area contributed by atoms with Crippen molar-refractivity contribution < 1.29 is 0 Å². The molecule has 1 aromatic heterocycles. The largest absolute Gasteiger partial charge is 0.309 e. The van der Waals surface area contributed by atoms with Crippen molar-refractivity contribution in [3.63, 3.8) is 0 Å². The van der Waals surface area contributed by atoms with Crippen LogP contribution in [0.5, 0.6) is 0 Å². The Labute approximate surface area is 116 Å². The van der Waals surface area contributed by atoms with Crippen LogP contribution in [-0.2, 0) is 0 Å².